The molecule has 0 N–H and O–H groups in total. The first-order chi connectivity index (χ1) is 10.9. The number of hydrogen-bond donors (Lipinski definition) is 0. The van der Waals surface area contributed by atoms with Gasteiger partial charge in [0.1, 0.15) is 6.10 Å². The molecule has 2 aromatic carbocycles. The lowest BCUT2D eigenvalue weighted by Gasteiger charge is -2.21. The summed E-state index contributed by atoms with van der Waals surface area (Å²) in [5.41, 5.74) is 0.296. The number of carbonyl (C=O) groups excluding carboxylic acids is 1. The molecule has 2 aromatic rings. The lowest BCUT2D eigenvalue weighted by atomic mass is 9.79. The van der Waals surface area contributed by atoms with Gasteiger partial charge in [0, 0.05) is 5.56 Å². The number of rotatable bonds is 1. The molecule has 4 rings (SSSR count). The summed E-state index contributed by atoms with van der Waals surface area (Å²) in [6.07, 6.45) is -3.80. The number of ketones is 1. The van der Waals surface area contributed by atoms with Crippen molar-refractivity contribution in [1.29, 1.82) is 0 Å². The van der Waals surface area contributed by atoms with Gasteiger partial charge in [0.05, 0.1) is 5.56 Å². The molecule has 0 saturated carbocycles. The van der Waals surface area contributed by atoms with Crippen molar-refractivity contribution in [3.05, 3.63) is 70.8 Å². The summed E-state index contributed by atoms with van der Waals surface area (Å²) in [7, 11) is 0. The molecule has 2 aliphatic rings. The molecule has 2 nitrogen and oxygen atoms in total. The fourth-order valence-electron chi connectivity index (χ4n) is 3.38. The van der Waals surface area contributed by atoms with Gasteiger partial charge < -0.3 is 4.74 Å². The van der Waals surface area contributed by atoms with Crippen molar-refractivity contribution in [3.8, 4) is 0 Å². The summed E-state index contributed by atoms with van der Waals surface area (Å²) in [6, 6.07) is 12.4. The van der Waals surface area contributed by atoms with Crippen molar-refractivity contribution in [2.45, 2.75) is 30.7 Å². The minimum atomic E-state index is -4.40. The van der Waals surface area contributed by atoms with Crippen LogP contribution in [0.3, 0.4) is 0 Å². The van der Waals surface area contributed by atoms with Crippen molar-refractivity contribution in [1.82, 2.24) is 0 Å². The summed E-state index contributed by atoms with van der Waals surface area (Å²) in [6.45, 7) is 0. The highest BCUT2D eigenvalue weighted by atomic mass is 19.4. The van der Waals surface area contributed by atoms with Gasteiger partial charge in [-0.3, -0.25) is 4.79 Å². The van der Waals surface area contributed by atoms with E-state index in [4.69, 9.17) is 4.74 Å². The molecule has 0 amide bonds. The molecule has 118 valence electrons. The zero-order valence-electron chi connectivity index (χ0n) is 12.1. The Hall–Kier alpha value is -2.14. The van der Waals surface area contributed by atoms with Crippen molar-refractivity contribution in [2.24, 2.45) is 0 Å². The molecule has 0 aromatic heterocycles. The fourth-order valence-corrected chi connectivity index (χ4v) is 3.38. The Morgan fingerprint density at radius 2 is 1.87 bits per heavy atom. The topological polar surface area (TPSA) is 29.6 Å². The van der Waals surface area contributed by atoms with Gasteiger partial charge in [-0.05, 0) is 36.1 Å². The van der Waals surface area contributed by atoms with Gasteiger partial charge in [0.2, 0.25) is 0 Å². The van der Waals surface area contributed by atoms with Crippen LogP contribution in [-0.4, -0.2) is 11.4 Å². The van der Waals surface area contributed by atoms with E-state index in [9.17, 15) is 18.0 Å². The summed E-state index contributed by atoms with van der Waals surface area (Å²) in [5.74, 6) is -0.123. The number of fused-ring (bicyclic) bond motifs is 1. The number of hydrogen-bond acceptors (Lipinski definition) is 2. The molecular formula is C18H13F3O2. The van der Waals surface area contributed by atoms with E-state index in [-0.39, 0.29) is 5.78 Å². The molecule has 1 spiro atoms. The largest absolute Gasteiger partial charge is 0.416 e. The summed E-state index contributed by atoms with van der Waals surface area (Å²) in [4.78, 5) is 12.7. The SMILES string of the molecule is O=C1c2ccccc2CCC12OC2c1cccc(C(F)(F)F)c1. The maximum Gasteiger partial charge on any atom is 0.416 e. The summed E-state index contributed by atoms with van der Waals surface area (Å²) in [5, 5.41) is 0. The van der Waals surface area contributed by atoms with Crippen LogP contribution in [0.15, 0.2) is 48.5 Å². The minimum absolute atomic E-state index is 0.123. The van der Waals surface area contributed by atoms with Gasteiger partial charge in [-0.2, -0.15) is 13.2 Å². The number of aryl methyl sites for hydroxylation is 1. The summed E-state index contributed by atoms with van der Waals surface area (Å²) < 4.78 is 44.2. The molecule has 1 fully saturated rings. The lowest BCUT2D eigenvalue weighted by Crippen LogP contribution is -2.31. The normalized spacial score (nSPS) is 26.2. The van der Waals surface area contributed by atoms with Crippen LogP contribution < -0.4 is 0 Å². The Morgan fingerprint density at radius 1 is 1.09 bits per heavy atom. The monoisotopic (exact) mass is 318 g/mol. The van der Waals surface area contributed by atoms with Gasteiger partial charge in [-0.15, -0.1) is 0 Å². The molecule has 1 aliphatic carbocycles. The van der Waals surface area contributed by atoms with Gasteiger partial charge in [-0.25, -0.2) is 0 Å². The molecule has 0 bridgehead atoms. The number of benzene rings is 2. The van der Waals surface area contributed by atoms with E-state index in [1.807, 2.05) is 12.1 Å². The Morgan fingerprint density at radius 3 is 2.65 bits per heavy atom. The van der Waals surface area contributed by atoms with Crippen molar-refractivity contribution < 1.29 is 22.7 Å². The van der Waals surface area contributed by atoms with E-state index in [1.54, 1.807) is 18.2 Å². The highest BCUT2D eigenvalue weighted by Crippen LogP contribution is 2.56. The van der Waals surface area contributed by atoms with Crippen LogP contribution in [0.4, 0.5) is 13.2 Å². The molecule has 5 heteroatoms. The number of epoxide rings is 1. The van der Waals surface area contributed by atoms with Crippen LogP contribution in [0.2, 0.25) is 0 Å². The zero-order chi connectivity index (χ0) is 16.2. The van der Waals surface area contributed by atoms with E-state index >= 15 is 0 Å². The standard InChI is InChI=1S/C18H13F3O2/c19-18(20,21)13-6-3-5-12(10-13)16-17(23-16)9-8-11-4-1-2-7-14(11)15(17)22/h1-7,10,16H,8-9H2. The smallest absolute Gasteiger partial charge is 0.352 e. The summed E-state index contributed by atoms with van der Waals surface area (Å²) >= 11 is 0. The van der Waals surface area contributed by atoms with Crippen LogP contribution in [-0.2, 0) is 17.3 Å². The number of ether oxygens (including phenoxy) is 1. The van der Waals surface area contributed by atoms with E-state index in [1.165, 1.54) is 6.07 Å². The minimum Gasteiger partial charge on any atom is -0.352 e. The van der Waals surface area contributed by atoms with Crippen molar-refractivity contribution >= 4 is 5.78 Å². The third kappa shape index (κ3) is 2.18. The van der Waals surface area contributed by atoms with Crippen LogP contribution in [0.1, 0.15) is 39.6 Å². The number of carbonyl (C=O) groups is 1. The third-order valence-corrected chi connectivity index (χ3v) is 4.62. The predicted molar refractivity (Wildman–Crippen MR) is 77.1 cm³/mol. The average Bonchev–Trinajstić information content (AvgIpc) is 3.26. The Kier molecular flexibility index (Phi) is 2.94. The average molecular weight is 318 g/mol. The van der Waals surface area contributed by atoms with Gasteiger partial charge in [-0.1, -0.05) is 36.4 Å². The third-order valence-electron chi connectivity index (χ3n) is 4.62. The second-order valence-electron chi connectivity index (χ2n) is 6.00. The van der Waals surface area contributed by atoms with Gasteiger partial charge >= 0.3 is 6.18 Å². The highest BCUT2D eigenvalue weighted by molar-refractivity contribution is 6.07. The molecule has 1 aliphatic heterocycles. The molecular weight excluding hydrogens is 305 g/mol. The maximum atomic E-state index is 12.9. The molecule has 0 radical (unpaired) electrons. The first-order valence-corrected chi connectivity index (χ1v) is 7.39. The van der Waals surface area contributed by atoms with Crippen LogP contribution in [0.5, 0.6) is 0 Å². The lowest BCUT2D eigenvalue weighted by molar-refractivity contribution is -0.137. The first kappa shape index (κ1) is 14.5. The number of Topliss-reactive ketones (excluding diaryl/α,β-unsaturated/α-hetero) is 1. The highest BCUT2D eigenvalue weighted by Gasteiger charge is 2.64. The maximum absolute atomic E-state index is 12.9. The molecule has 23 heavy (non-hydrogen) atoms. The molecule has 2 unspecified atom stereocenters. The van der Waals surface area contributed by atoms with Crippen LogP contribution in [0.25, 0.3) is 0 Å². The van der Waals surface area contributed by atoms with Crippen LogP contribution in [0, 0.1) is 0 Å². The second-order valence-corrected chi connectivity index (χ2v) is 6.00. The van der Waals surface area contributed by atoms with Crippen molar-refractivity contribution in [3.63, 3.8) is 0 Å². The van der Waals surface area contributed by atoms with Gasteiger partial charge in [0.15, 0.2) is 11.4 Å². The van der Waals surface area contributed by atoms with E-state index in [0.29, 0.717) is 24.0 Å². The fraction of sp³-hybridized carbons (Fsp3) is 0.278. The number of halogens is 3. The predicted octanol–water partition coefficient (Wildman–Crippen LogP) is 4.34. The molecule has 1 heterocycles. The Balaban J connectivity index is 1.67. The molecule has 1 saturated heterocycles. The second kappa shape index (κ2) is 4.68. The van der Waals surface area contributed by atoms with E-state index in [2.05, 4.69) is 0 Å². The quantitative estimate of drug-likeness (QED) is 0.732. The van der Waals surface area contributed by atoms with Crippen molar-refractivity contribution in [2.75, 3.05) is 0 Å². The number of alkyl halides is 3. The Labute approximate surface area is 130 Å². The zero-order valence-corrected chi connectivity index (χ0v) is 12.1. The van der Waals surface area contributed by atoms with E-state index < -0.39 is 23.4 Å². The van der Waals surface area contributed by atoms with E-state index in [0.717, 1.165) is 17.7 Å². The molecule has 2 atom stereocenters. The van der Waals surface area contributed by atoms with Gasteiger partial charge in [0.25, 0.3) is 0 Å². The Bertz CT molecular complexity index is 797. The first-order valence-electron chi connectivity index (χ1n) is 7.39. The van der Waals surface area contributed by atoms with Crippen LogP contribution >= 0.6 is 0 Å².